The molecule has 2 bridgehead atoms. The smallest absolute Gasteiger partial charge is 0.324 e. The minimum atomic E-state index is -0.390. The van der Waals surface area contributed by atoms with Crippen LogP contribution in [0.5, 0.6) is 5.75 Å². The molecule has 1 aromatic carbocycles. The van der Waals surface area contributed by atoms with E-state index < -0.39 is 6.03 Å². The molecule has 2 N–H and O–H groups in total. The maximum atomic E-state index is 12.4. The van der Waals surface area contributed by atoms with Crippen LogP contribution < -0.4 is 15.4 Å². The van der Waals surface area contributed by atoms with E-state index in [0.29, 0.717) is 36.0 Å². The number of fused-ring (bicyclic) bond motifs is 3. The monoisotopic (exact) mass is 530 g/mol. The number of morpholine rings is 1. The molecule has 2 atom stereocenters. The molecule has 204 valence electrons. The Bertz CT molecular complexity index is 1450. The Hall–Kier alpha value is -3.89. The summed E-state index contributed by atoms with van der Waals surface area (Å²) in [5.41, 5.74) is 3.10. The van der Waals surface area contributed by atoms with Crippen molar-refractivity contribution in [3.63, 3.8) is 0 Å². The van der Waals surface area contributed by atoms with Gasteiger partial charge in [0.05, 0.1) is 31.2 Å². The predicted octanol–water partition coefficient (Wildman–Crippen LogP) is 5.17. The number of ether oxygens (including phenoxy) is 2. The average molecular weight is 531 g/mol. The average Bonchev–Trinajstić information content (AvgIpc) is 3.70. The number of pyridine rings is 1. The lowest BCUT2D eigenvalue weighted by molar-refractivity contribution is 0.0288. The van der Waals surface area contributed by atoms with Gasteiger partial charge >= 0.3 is 6.03 Å². The number of amides is 2. The lowest BCUT2D eigenvalue weighted by atomic mass is 9.93. The van der Waals surface area contributed by atoms with Crippen LogP contribution in [-0.2, 0) is 10.2 Å². The maximum Gasteiger partial charge on any atom is 0.324 e. The highest BCUT2D eigenvalue weighted by Crippen LogP contribution is 2.28. The van der Waals surface area contributed by atoms with Crippen molar-refractivity contribution in [2.24, 2.45) is 0 Å². The third kappa shape index (κ3) is 5.76. The van der Waals surface area contributed by atoms with E-state index in [4.69, 9.17) is 19.0 Å². The van der Waals surface area contributed by atoms with Gasteiger partial charge in [0.1, 0.15) is 17.2 Å². The van der Waals surface area contributed by atoms with Crippen LogP contribution in [0.15, 0.2) is 59.4 Å². The molecule has 5 heterocycles. The van der Waals surface area contributed by atoms with Gasteiger partial charge in [-0.3, -0.25) is 10.2 Å². The van der Waals surface area contributed by atoms with Gasteiger partial charge < -0.3 is 23.7 Å². The van der Waals surface area contributed by atoms with Crippen molar-refractivity contribution in [3.05, 3.63) is 60.6 Å². The molecule has 2 saturated heterocycles. The molecule has 2 unspecified atom stereocenters. The van der Waals surface area contributed by atoms with Gasteiger partial charge in [0.25, 0.3) is 0 Å². The van der Waals surface area contributed by atoms with Crippen LogP contribution in [0, 0.1) is 0 Å². The number of urea groups is 1. The third-order valence-electron chi connectivity index (χ3n) is 7.23. The Balaban J connectivity index is 1.02. The van der Waals surface area contributed by atoms with Crippen molar-refractivity contribution in [2.75, 3.05) is 36.9 Å². The number of aromatic nitrogens is 3. The van der Waals surface area contributed by atoms with Crippen molar-refractivity contribution in [1.82, 2.24) is 19.4 Å². The van der Waals surface area contributed by atoms with Crippen LogP contribution in [0.1, 0.15) is 39.4 Å². The zero-order chi connectivity index (χ0) is 27.0. The molecule has 0 aliphatic carbocycles. The molecule has 4 aromatic rings. The highest BCUT2D eigenvalue weighted by Gasteiger charge is 2.38. The lowest BCUT2D eigenvalue weighted by Gasteiger charge is -2.26. The van der Waals surface area contributed by atoms with E-state index in [1.54, 1.807) is 6.07 Å². The number of hydrogen-bond acceptors (Lipinski definition) is 7. The Kier molecular flexibility index (Phi) is 6.74. The number of nitrogens with one attached hydrogen (secondary N) is 2. The molecular formula is C29H34N6O4. The molecule has 39 heavy (non-hydrogen) atoms. The first-order valence-corrected chi connectivity index (χ1v) is 13.4. The number of rotatable bonds is 8. The van der Waals surface area contributed by atoms with E-state index >= 15 is 0 Å². The van der Waals surface area contributed by atoms with Crippen molar-refractivity contribution < 1.29 is 18.8 Å². The van der Waals surface area contributed by atoms with Gasteiger partial charge in [0, 0.05) is 48.1 Å². The number of likely N-dealkylation sites (tertiary alicyclic amines) is 1. The SMILES string of the molecule is CC(C)(C)c1cc(NC(=O)Nc2ccc(-c3cn4cc(OCCCN5CC6CC5CO6)ccc4n3)cc2)no1. The van der Waals surface area contributed by atoms with Crippen LogP contribution >= 0.6 is 0 Å². The Labute approximate surface area is 227 Å². The van der Waals surface area contributed by atoms with Gasteiger partial charge in [-0.25, -0.2) is 9.78 Å². The topological polar surface area (TPSA) is 106 Å². The summed E-state index contributed by atoms with van der Waals surface area (Å²) in [6.07, 6.45) is 6.55. The second-order valence-corrected chi connectivity index (χ2v) is 11.3. The van der Waals surface area contributed by atoms with Gasteiger partial charge in [-0.1, -0.05) is 38.1 Å². The van der Waals surface area contributed by atoms with Crippen molar-refractivity contribution in [2.45, 2.75) is 51.2 Å². The largest absolute Gasteiger partial charge is 0.492 e. The van der Waals surface area contributed by atoms with E-state index in [-0.39, 0.29) is 5.41 Å². The van der Waals surface area contributed by atoms with Gasteiger partial charge in [-0.05, 0) is 37.1 Å². The summed E-state index contributed by atoms with van der Waals surface area (Å²) in [5, 5.41) is 9.44. The van der Waals surface area contributed by atoms with Gasteiger partial charge in [0.2, 0.25) is 0 Å². The summed E-state index contributed by atoms with van der Waals surface area (Å²) < 4.78 is 19.0. The first-order valence-electron chi connectivity index (χ1n) is 13.4. The summed E-state index contributed by atoms with van der Waals surface area (Å²) in [4.78, 5) is 19.7. The second-order valence-electron chi connectivity index (χ2n) is 11.3. The third-order valence-corrected chi connectivity index (χ3v) is 7.23. The molecule has 2 aliphatic heterocycles. The molecule has 2 fully saturated rings. The normalized spacial score (nSPS) is 19.1. The quantitative estimate of drug-likeness (QED) is 0.303. The molecule has 0 spiro atoms. The molecule has 10 heteroatoms. The number of carbonyl (C=O) groups excluding carboxylic acids is 1. The standard InChI is InChI=1S/C29H34N6O4/c1-29(2,3)25-14-26(33-39-25)32-28(36)30-20-7-5-19(6-8-20)24-17-35-15-22(9-10-27(35)31-24)37-12-4-11-34-16-23-13-21(34)18-38-23/h5-10,14-15,17,21,23H,4,11-13,16,18H2,1-3H3,(H2,30,32,33,36). The summed E-state index contributed by atoms with van der Waals surface area (Å²) in [6.45, 7) is 9.72. The van der Waals surface area contributed by atoms with E-state index in [9.17, 15) is 4.79 Å². The molecule has 2 aliphatic rings. The summed E-state index contributed by atoms with van der Waals surface area (Å²) in [7, 11) is 0. The summed E-state index contributed by atoms with van der Waals surface area (Å²) in [6, 6.07) is 13.4. The Morgan fingerprint density at radius 3 is 2.69 bits per heavy atom. The van der Waals surface area contributed by atoms with Gasteiger partial charge in [-0.15, -0.1) is 0 Å². The fourth-order valence-corrected chi connectivity index (χ4v) is 5.10. The van der Waals surface area contributed by atoms with E-state index in [1.165, 1.54) is 6.42 Å². The van der Waals surface area contributed by atoms with Crippen LogP contribution in [0.2, 0.25) is 0 Å². The fourth-order valence-electron chi connectivity index (χ4n) is 5.10. The Morgan fingerprint density at radius 2 is 1.97 bits per heavy atom. The van der Waals surface area contributed by atoms with E-state index in [0.717, 1.165) is 48.8 Å². The molecule has 10 nitrogen and oxygen atoms in total. The van der Waals surface area contributed by atoms with Crippen molar-refractivity contribution in [1.29, 1.82) is 0 Å². The van der Waals surface area contributed by atoms with Crippen LogP contribution in [-0.4, -0.2) is 63.9 Å². The van der Waals surface area contributed by atoms with Crippen LogP contribution in [0.3, 0.4) is 0 Å². The fraction of sp³-hybridized carbons (Fsp3) is 0.414. The number of nitrogens with zero attached hydrogens (tertiary/aromatic N) is 4. The predicted molar refractivity (Wildman–Crippen MR) is 148 cm³/mol. The van der Waals surface area contributed by atoms with Crippen molar-refractivity contribution >= 4 is 23.2 Å². The second kappa shape index (κ2) is 10.3. The minimum Gasteiger partial charge on any atom is -0.492 e. The highest BCUT2D eigenvalue weighted by atomic mass is 16.5. The van der Waals surface area contributed by atoms with E-state index in [2.05, 4.69) is 20.7 Å². The number of imidazole rings is 1. The zero-order valence-electron chi connectivity index (χ0n) is 22.5. The van der Waals surface area contributed by atoms with Crippen molar-refractivity contribution in [3.8, 4) is 17.0 Å². The summed E-state index contributed by atoms with van der Waals surface area (Å²) in [5.74, 6) is 1.90. The lowest BCUT2D eigenvalue weighted by Crippen LogP contribution is -2.37. The van der Waals surface area contributed by atoms with Crippen LogP contribution in [0.4, 0.5) is 16.3 Å². The molecule has 0 radical (unpaired) electrons. The zero-order valence-corrected chi connectivity index (χ0v) is 22.5. The molecular weight excluding hydrogens is 496 g/mol. The number of carbonyl (C=O) groups is 1. The first-order chi connectivity index (χ1) is 18.8. The maximum absolute atomic E-state index is 12.4. The number of anilines is 2. The van der Waals surface area contributed by atoms with Gasteiger partial charge in [0.15, 0.2) is 5.82 Å². The number of benzene rings is 1. The van der Waals surface area contributed by atoms with E-state index in [1.807, 2.05) is 74.0 Å². The molecule has 0 saturated carbocycles. The molecule has 3 aromatic heterocycles. The van der Waals surface area contributed by atoms with Crippen LogP contribution in [0.25, 0.3) is 16.9 Å². The molecule has 2 amide bonds. The summed E-state index contributed by atoms with van der Waals surface area (Å²) >= 11 is 0. The minimum absolute atomic E-state index is 0.185. The highest BCUT2D eigenvalue weighted by molar-refractivity contribution is 5.99. The first kappa shape index (κ1) is 25.4. The Morgan fingerprint density at radius 1 is 1.13 bits per heavy atom. The number of hydrogen-bond donors (Lipinski definition) is 2. The van der Waals surface area contributed by atoms with Gasteiger partial charge in [-0.2, -0.15) is 0 Å². The molecule has 6 rings (SSSR count).